The summed E-state index contributed by atoms with van der Waals surface area (Å²) in [7, 11) is 4.76. The summed E-state index contributed by atoms with van der Waals surface area (Å²) in [6.45, 7) is 3.23. The number of rotatable bonds is 1. The molecule has 5 heteroatoms. The van der Waals surface area contributed by atoms with Gasteiger partial charge in [-0.3, -0.25) is 0 Å². The second-order valence-electron chi connectivity index (χ2n) is 2.49. The molecule has 0 radical (unpaired) electrons. The van der Waals surface area contributed by atoms with Gasteiger partial charge in [-0.2, -0.15) is 5.56 Å². The minimum absolute atomic E-state index is 0.304. The van der Waals surface area contributed by atoms with Crippen LogP contribution in [0.25, 0.3) is 0 Å². The number of hydrogen-bond donors (Lipinski definition) is 0. The molecular formula is C8H9ClO3Zn. The maximum atomic E-state index is 5.24. The molecule has 1 saturated heterocycles. The number of hydrogen-bond acceptors (Lipinski definition) is 3. The molecule has 1 aromatic rings. The molecule has 68 valence electrons. The number of aryl methyl sites for hydroxylation is 1. The molecule has 2 rings (SSSR count). The van der Waals surface area contributed by atoms with Gasteiger partial charge in [-0.15, -0.1) is 6.07 Å². The fourth-order valence-electron chi connectivity index (χ4n) is 1.08. The third-order valence-electron chi connectivity index (χ3n) is 1.67. The Bertz CT molecular complexity index is 245. The van der Waals surface area contributed by atoms with E-state index in [4.69, 9.17) is 23.6 Å². The molecule has 1 aromatic heterocycles. The Hall–Kier alpha value is 0.113. The van der Waals surface area contributed by atoms with Gasteiger partial charge in [0.1, 0.15) is 0 Å². The Balaban J connectivity index is 0.000000396. The van der Waals surface area contributed by atoms with Crippen molar-refractivity contribution < 1.29 is 31.2 Å². The van der Waals surface area contributed by atoms with Gasteiger partial charge in [0.05, 0.1) is 13.2 Å². The summed E-state index contributed by atoms with van der Waals surface area (Å²) in [6, 6.07) is 1.78. The molecule has 0 atom stereocenters. The van der Waals surface area contributed by atoms with Crippen LogP contribution in [0.4, 0.5) is 0 Å². The van der Waals surface area contributed by atoms with Gasteiger partial charge in [-0.1, -0.05) is 6.92 Å². The van der Waals surface area contributed by atoms with Crippen molar-refractivity contribution in [1.29, 1.82) is 0 Å². The third-order valence-corrected chi connectivity index (χ3v) is 1.67. The van der Waals surface area contributed by atoms with Crippen LogP contribution in [0.15, 0.2) is 10.5 Å². The van der Waals surface area contributed by atoms with E-state index in [1.807, 2.05) is 6.92 Å². The standard InChI is InChI=1S/C8H9O3.ClH.Zn/c1-6-2-3-9-7(6)8-10-4-5-11-8;;/h2,8H,4-5H2,1H3;1H;/q-1;;+2/p-1. The Morgan fingerprint density at radius 2 is 2.08 bits per heavy atom. The van der Waals surface area contributed by atoms with E-state index in [9.17, 15) is 0 Å². The topological polar surface area (TPSA) is 31.6 Å². The maximum absolute atomic E-state index is 5.24. The van der Waals surface area contributed by atoms with E-state index < -0.39 is 0 Å². The quantitative estimate of drug-likeness (QED) is 0.568. The van der Waals surface area contributed by atoms with E-state index >= 15 is 0 Å². The monoisotopic (exact) mass is 252 g/mol. The summed E-state index contributed by atoms with van der Waals surface area (Å²) in [5.41, 5.74) is 1.02. The van der Waals surface area contributed by atoms with Crippen LogP contribution < -0.4 is 0 Å². The predicted molar refractivity (Wildman–Crippen MR) is 42.8 cm³/mol. The first-order valence-corrected chi connectivity index (χ1v) is 7.74. The van der Waals surface area contributed by atoms with Crippen molar-refractivity contribution in [3.8, 4) is 0 Å². The van der Waals surface area contributed by atoms with Crippen molar-refractivity contribution in [3.63, 3.8) is 0 Å². The third kappa shape index (κ3) is 2.78. The van der Waals surface area contributed by atoms with Crippen molar-refractivity contribution in [1.82, 2.24) is 0 Å². The molecule has 1 fully saturated rings. The average Bonchev–Trinajstić information content (AvgIpc) is 2.77. The van der Waals surface area contributed by atoms with Crippen molar-refractivity contribution in [3.05, 3.63) is 23.7 Å². The van der Waals surface area contributed by atoms with Gasteiger partial charge < -0.3 is 13.9 Å². The van der Waals surface area contributed by atoms with Crippen molar-refractivity contribution >= 4 is 9.69 Å². The number of halogens is 1. The zero-order chi connectivity index (χ0) is 9.68. The van der Waals surface area contributed by atoms with E-state index in [0.29, 0.717) is 13.2 Å². The second-order valence-corrected chi connectivity index (χ2v) is 2.49. The predicted octanol–water partition coefficient (Wildman–Crippen LogP) is 2.12. The van der Waals surface area contributed by atoms with Crippen LogP contribution in [0.2, 0.25) is 0 Å². The molecule has 13 heavy (non-hydrogen) atoms. The summed E-state index contributed by atoms with van der Waals surface area (Å²) in [5, 5.41) is 0. The average molecular weight is 254 g/mol. The van der Waals surface area contributed by atoms with E-state index in [2.05, 4.69) is 6.26 Å². The van der Waals surface area contributed by atoms with Gasteiger partial charge >= 0.3 is 27.0 Å². The molecule has 1 aliphatic rings. The number of furan rings is 1. The van der Waals surface area contributed by atoms with Crippen molar-refractivity contribution in [2.24, 2.45) is 0 Å². The Labute approximate surface area is 91.1 Å². The van der Waals surface area contributed by atoms with Crippen LogP contribution in [-0.2, 0) is 26.8 Å². The van der Waals surface area contributed by atoms with Crippen LogP contribution in [0.5, 0.6) is 0 Å². The van der Waals surface area contributed by atoms with Gasteiger partial charge in [-0.05, 0) is 6.26 Å². The molecule has 2 heterocycles. The molecule has 0 N–H and O–H groups in total. The van der Waals surface area contributed by atoms with Gasteiger partial charge in [0.25, 0.3) is 0 Å². The summed E-state index contributed by atoms with van der Waals surface area (Å²) in [6.07, 6.45) is 2.34. The Morgan fingerprint density at radius 3 is 2.54 bits per heavy atom. The van der Waals surface area contributed by atoms with Crippen molar-refractivity contribution in [2.75, 3.05) is 13.2 Å². The molecule has 0 bridgehead atoms. The summed E-state index contributed by atoms with van der Waals surface area (Å²) >= 11 is 0.847. The van der Waals surface area contributed by atoms with E-state index in [1.165, 1.54) is 0 Å². The van der Waals surface area contributed by atoms with Gasteiger partial charge in [-0.25, -0.2) is 0 Å². The van der Waals surface area contributed by atoms with Gasteiger partial charge in [0.2, 0.25) is 0 Å². The molecule has 0 aromatic carbocycles. The molecule has 0 aliphatic carbocycles. The van der Waals surface area contributed by atoms with Crippen molar-refractivity contribution in [2.45, 2.75) is 13.2 Å². The fraction of sp³-hybridized carbons (Fsp3) is 0.500. The van der Waals surface area contributed by atoms with Crippen LogP contribution in [0, 0.1) is 13.2 Å². The molecule has 0 saturated carbocycles. The summed E-state index contributed by atoms with van der Waals surface area (Å²) in [4.78, 5) is 0. The van der Waals surface area contributed by atoms with Crippen LogP contribution in [0.1, 0.15) is 17.6 Å². The zero-order valence-electron chi connectivity index (χ0n) is 7.38. The van der Waals surface area contributed by atoms with Crippen LogP contribution in [0.3, 0.4) is 0 Å². The first-order chi connectivity index (χ1) is 6.38. The van der Waals surface area contributed by atoms with E-state index in [0.717, 1.165) is 28.6 Å². The summed E-state index contributed by atoms with van der Waals surface area (Å²) in [5.74, 6) is 0.738. The molecule has 0 spiro atoms. The first kappa shape index (κ1) is 11.2. The second kappa shape index (κ2) is 5.76. The molecule has 3 nitrogen and oxygen atoms in total. The Morgan fingerprint density at radius 1 is 1.46 bits per heavy atom. The van der Waals surface area contributed by atoms with Crippen LogP contribution in [-0.4, -0.2) is 13.2 Å². The summed E-state index contributed by atoms with van der Waals surface area (Å²) < 4.78 is 15.6. The SMILES string of the molecule is Cc1c[c-]oc1C1OCCO1.[Cl][Zn+]. The van der Waals surface area contributed by atoms with E-state index in [1.54, 1.807) is 6.07 Å². The molecule has 0 amide bonds. The minimum atomic E-state index is -0.304. The van der Waals surface area contributed by atoms with Crippen LogP contribution >= 0.6 is 9.69 Å². The zero-order valence-corrected chi connectivity index (χ0v) is 11.1. The molecule has 0 unspecified atom stereocenters. The van der Waals surface area contributed by atoms with Gasteiger partial charge in [0, 0.05) is 5.76 Å². The molecular weight excluding hydrogens is 245 g/mol. The normalized spacial score (nSPS) is 16.9. The fourth-order valence-corrected chi connectivity index (χ4v) is 1.08. The molecule has 1 aliphatic heterocycles. The first-order valence-electron chi connectivity index (χ1n) is 3.84. The van der Waals surface area contributed by atoms with Gasteiger partial charge in [0.15, 0.2) is 6.29 Å². The number of ether oxygens (including phenoxy) is 2. The van der Waals surface area contributed by atoms with E-state index in [-0.39, 0.29) is 6.29 Å². The Kier molecular flexibility index (Phi) is 4.96.